The Morgan fingerprint density at radius 3 is 2.41 bits per heavy atom. The number of amides is 2. The molecule has 156 valence electrons. The molecule has 1 heterocycles. The van der Waals surface area contributed by atoms with Crippen molar-refractivity contribution >= 4 is 24.0 Å². The smallest absolute Gasteiger partial charge is 0.338 e. The van der Waals surface area contributed by atoms with E-state index in [1.165, 1.54) is 6.08 Å². The first-order valence-electron chi connectivity index (χ1n) is 9.53. The Kier molecular flexibility index (Phi) is 8.27. The zero-order valence-electron chi connectivity index (χ0n) is 16.8. The van der Waals surface area contributed by atoms with Gasteiger partial charge in [0.2, 0.25) is 0 Å². The van der Waals surface area contributed by atoms with Crippen LogP contribution in [-0.2, 0) is 19.1 Å². The van der Waals surface area contributed by atoms with Gasteiger partial charge in [-0.2, -0.15) is 0 Å². The summed E-state index contributed by atoms with van der Waals surface area (Å²) < 4.78 is 15.6. The minimum atomic E-state index is -0.601. The Bertz CT molecular complexity index is 798. The van der Waals surface area contributed by atoms with E-state index in [1.807, 2.05) is 26.0 Å². The van der Waals surface area contributed by atoms with E-state index in [-0.39, 0.29) is 24.5 Å². The molecule has 2 N–H and O–H groups in total. The molecule has 0 radical (unpaired) electrons. The van der Waals surface area contributed by atoms with Gasteiger partial charge in [-0.1, -0.05) is 19.1 Å². The summed E-state index contributed by atoms with van der Waals surface area (Å²) in [5.74, 6) is -0.406. The summed E-state index contributed by atoms with van der Waals surface area (Å²) >= 11 is 0. The minimum absolute atomic E-state index is 0.199. The highest BCUT2D eigenvalue weighted by Gasteiger charge is 2.31. The van der Waals surface area contributed by atoms with Crippen LogP contribution in [0.3, 0.4) is 0 Å². The van der Waals surface area contributed by atoms with Gasteiger partial charge in [-0.15, -0.1) is 0 Å². The Labute approximate surface area is 169 Å². The van der Waals surface area contributed by atoms with Crippen molar-refractivity contribution in [2.75, 3.05) is 19.8 Å². The first kappa shape index (κ1) is 22.0. The van der Waals surface area contributed by atoms with Gasteiger partial charge in [0.05, 0.1) is 30.5 Å². The molecule has 1 aliphatic heterocycles. The van der Waals surface area contributed by atoms with Crippen molar-refractivity contribution in [2.24, 2.45) is 0 Å². The molecule has 0 aromatic heterocycles. The number of hydrogen-bond acceptors (Lipinski definition) is 6. The van der Waals surface area contributed by atoms with Crippen LogP contribution in [-0.4, -0.2) is 43.8 Å². The van der Waals surface area contributed by atoms with Crippen LogP contribution in [0.1, 0.15) is 32.8 Å². The lowest BCUT2D eigenvalue weighted by atomic mass is 10.0. The van der Waals surface area contributed by atoms with E-state index in [0.717, 1.165) is 11.3 Å². The first-order chi connectivity index (χ1) is 14.0. The minimum Gasteiger partial charge on any atom is -0.494 e. The number of hydrogen-bond donors (Lipinski definition) is 2. The molecule has 0 unspecified atom stereocenters. The van der Waals surface area contributed by atoms with Crippen LogP contribution >= 0.6 is 0 Å². The summed E-state index contributed by atoms with van der Waals surface area (Å²) in [6.07, 6.45) is 3.38. The Balaban J connectivity index is 2.05. The highest BCUT2D eigenvalue weighted by Crippen LogP contribution is 2.17. The summed E-state index contributed by atoms with van der Waals surface area (Å²) in [5, 5.41) is 5.19. The van der Waals surface area contributed by atoms with Crippen LogP contribution in [0.25, 0.3) is 6.08 Å². The molecule has 8 nitrogen and oxygen atoms in total. The molecular weight excluding hydrogens is 376 g/mol. The van der Waals surface area contributed by atoms with Crippen molar-refractivity contribution < 1.29 is 28.6 Å². The molecule has 0 saturated carbocycles. The lowest BCUT2D eigenvalue weighted by Gasteiger charge is -2.28. The maximum absolute atomic E-state index is 12.3. The van der Waals surface area contributed by atoms with Crippen molar-refractivity contribution in [3.05, 3.63) is 47.2 Å². The summed E-state index contributed by atoms with van der Waals surface area (Å²) in [5.41, 5.74) is 1.29. The fourth-order valence-electron chi connectivity index (χ4n) is 2.77. The second-order valence-corrected chi connectivity index (χ2v) is 6.12. The van der Waals surface area contributed by atoms with E-state index >= 15 is 0 Å². The zero-order valence-corrected chi connectivity index (χ0v) is 16.8. The van der Waals surface area contributed by atoms with Crippen LogP contribution in [0, 0.1) is 0 Å². The third kappa shape index (κ3) is 6.38. The fourth-order valence-corrected chi connectivity index (χ4v) is 2.77. The maximum atomic E-state index is 12.3. The number of nitrogens with one attached hydrogen (secondary N) is 2. The highest BCUT2D eigenvalue weighted by atomic mass is 16.5. The van der Waals surface area contributed by atoms with Crippen molar-refractivity contribution in [3.8, 4) is 5.75 Å². The van der Waals surface area contributed by atoms with Gasteiger partial charge in [-0.3, -0.25) is 0 Å². The quantitative estimate of drug-likeness (QED) is 0.486. The number of benzene rings is 1. The monoisotopic (exact) mass is 402 g/mol. The molecule has 2 amide bonds. The average molecular weight is 402 g/mol. The molecule has 0 bridgehead atoms. The molecule has 0 spiro atoms. The van der Waals surface area contributed by atoms with Gasteiger partial charge < -0.3 is 24.8 Å². The van der Waals surface area contributed by atoms with E-state index in [9.17, 15) is 14.4 Å². The molecule has 1 aromatic carbocycles. The molecule has 0 saturated heterocycles. The van der Waals surface area contributed by atoms with Crippen LogP contribution < -0.4 is 15.4 Å². The third-order valence-electron chi connectivity index (χ3n) is 4.11. The summed E-state index contributed by atoms with van der Waals surface area (Å²) in [4.78, 5) is 36.2. The predicted molar refractivity (Wildman–Crippen MR) is 107 cm³/mol. The number of ether oxygens (including phenoxy) is 3. The van der Waals surface area contributed by atoms with Gasteiger partial charge in [0.15, 0.2) is 0 Å². The third-order valence-corrected chi connectivity index (χ3v) is 4.11. The fraction of sp³-hybridized carbons (Fsp3) is 0.381. The van der Waals surface area contributed by atoms with Gasteiger partial charge in [-0.25, -0.2) is 14.4 Å². The SMILES string of the molecule is CCOC(=O)C1=C(COC(=O)/C=C/c2ccc(OCC)cc2)NC(=O)N[C@H]1CC. The normalized spacial score (nSPS) is 16.2. The van der Waals surface area contributed by atoms with E-state index in [0.29, 0.717) is 13.0 Å². The molecule has 8 heteroatoms. The van der Waals surface area contributed by atoms with Gasteiger partial charge in [0.1, 0.15) is 12.4 Å². The van der Waals surface area contributed by atoms with Crippen molar-refractivity contribution in [2.45, 2.75) is 33.2 Å². The molecule has 0 fully saturated rings. The summed E-state index contributed by atoms with van der Waals surface area (Å²) in [7, 11) is 0. The number of esters is 2. The van der Waals surface area contributed by atoms with Gasteiger partial charge >= 0.3 is 18.0 Å². The first-order valence-corrected chi connectivity index (χ1v) is 9.53. The predicted octanol–water partition coefficient (Wildman–Crippen LogP) is 2.55. The number of carbonyl (C=O) groups excluding carboxylic acids is 3. The average Bonchev–Trinajstić information content (AvgIpc) is 2.71. The van der Waals surface area contributed by atoms with E-state index in [2.05, 4.69) is 10.6 Å². The van der Waals surface area contributed by atoms with E-state index in [1.54, 1.807) is 25.1 Å². The number of urea groups is 1. The Morgan fingerprint density at radius 2 is 1.79 bits per heavy atom. The van der Waals surface area contributed by atoms with Gasteiger partial charge in [0.25, 0.3) is 0 Å². The van der Waals surface area contributed by atoms with Crippen LogP contribution in [0.5, 0.6) is 5.75 Å². The lowest BCUT2D eigenvalue weighted by Crippen LogP contribution is -2.51. The van der Waals surface area contributed by atoms with Crippen molar-refractivity contribution in [1.82, 2.24) is 10.6 Å². The van der Waals surface area contributed by atoms with Crippen LogP contribution in [0.4, 0.5) is 4.79 Å². The molecule has 1 aliphatic rings. The Hall–Kier alpha value is -3.29. The standard InChI is InChI=1S/C21H26N2O6/c1-4-16-19(20(25)28-6-3)17(23-21(26)22-16)13-29-18(24)12-9-14-7-10-15(11-8-14)27-5-2/h7-12,16H,4-6,13H2,1-3H3,(H2,22,23,26)/b12-9+/t16-/m0/s1. The molecule has 0 aliphatic carbocycles. The molecular formula is C21H26N2O6. The largest absolute Gasteiger partial charge is 0.494 e. The number of rotatable bonds is 9. The van der Waals surface area contributed by atoms with Crippen LogP contribution in [0.2, 0.25) is 0 Å². The van der Waals surface area contributed by atoms with Crippen molar-refractivity contribution in [3.63, 3.8) is 0 Å². The Morgan fingerprint density at radius 1 is 1.07 bits per heavy atom. The summed E-state index contributed by atoms with van der Waals surface area (Å²) in [6.45, 7) is 5.96. The molecule has 29 heavy (non-hydrogen) atoms. The van der Waals surface area contributed by atoms with Gasteiger partial charge in [-0.05, 0) is 44.0 Å². The van der Waals surface area contributed by atoms with Crippen LogP contribution in [0.15, 0.2) is 41.6 Å². The summed E-state index contributed by atoms with van der Waals surface area (Å²) in [6, 6.07) is 6.28. The lowest BCUT2D eigenvalue weighted by molar-refractivity contribution is -0.140. The molecule has 1 aromatic rings. The van der Waals surface area contributed by atoms with Crippen molar-refractivity contribution in [1.29, 1.82) is 0 Å². The van der Waals surface area contributed by atoms with E-state index < -0.39 is 24.0 Å². The zero-order chi connectivity index (χ0) is 21.2. The topological polar surface area (TPSA) is 103 Å². The highest BCUT2D eigenvalue weighted by molar-refractivity contribution is 5.95. The molecule has 1 atom stereocenters. The second-order valence-electron chi connectivity index (χ2n) is 6.12. The second kappa shape index (κ2) is 10.9. The molecule has 2 rings (SSSR count). The van der Waals surface area contributed by atoms with E-state index in [4.69, 9.17) is 14.2 Å². The number of carbonyl (C=O) groups is 3. The maximum Gasteiger partial charge on any atom is 0.338 e. The van der Waals surface area contributed by atoms with Gasteiger partial charge in [0, 0.05) is 6.08 Å².